The molecule has 4 nitrogen and oxygen atoms in total. The van der Waals surface area contributed by atoms with Crippen LogP contribution in [0.1, 0.15) is 23.6 Å². The smallest absolute Gasteiger partial charge is 0.285 e. The molecule has 2 aromatic rings. The zero-order valence-corrected chi connectivity index (χ0v) is 15.5. The van der Waals surface area contributed by atoms with Crippen LogP contribution in [0, 0.1) is 6.92 Å². The molecule has 131 valence electrons. The molecule has 5 heteroatoms. The van der Waals surface area contributed by atoms with Gasteiger partial charge in [0.25, 0.3) is 5.84 Å². The lowest BCUT2D eigenvalue weighted by molar-refractivity contribution is 0.282. The minimum Gasteiger partial charge on any atom is -0.392 e. The Morgan fingerprint density at radius 1 is 1.19 bits per heavy atom. The van der Waals surface area contributed by atoms with Crippen molar-refractivity contribution >= 4 is 28.8 Å². The molecule has 0 saturated heterocycles. The predicted octanol–water partition coefficient (Wildman–Crippen LogP) is 4.37. The quantitative estimate of drug-likeness (QED) is 0.820. The summed E-state index contributed by atoms with van der Waals surface area (Å²) < 4.78 is 0. The van der Waals surface area contributed by atoms with E-state index in [1.54, 1.807) is 0 Å². The van der Waals surface area contributed by atoms with Gasteiger partial charge < -0.3 is 5.11 Å². The number of allylic oxidation sites excluding steroid dienone is 1. The number of fused-ring (bicyclic) bond motifs is 1. The largest absolute Gasteiger partial charge is 0.392 e. The van der Waals surface area contributed by atoms with Crippen molar-refractivity contribution in [2.45, 2.75) is 20.5 Å². The van der Waals surface area contributed by atoms with Crippen molar-refractivity contribution in [3.05, 3.63) is 82.2 Å². The van der Waals surface area contributed by atoms with Crippen molar-refractivity contribution in [3.8, 4) is 0 Å². The first-order valence-corrected chi connectivity index (χ1v) is 8.93. The maximum atomic E-state index is 9.37. The van der Waals surface area contributed by atoms with Gasteiger partial charge in [-0.05, 0) is 42.3 Å². The van der Waals surface area contributed by atoms with Gasteiger partial charge in [0.05, 0.1) is 6.61 Å². The maximum Gasteiger partial charge on any atom is 0.285 e. The average molecular weight is 366 g/mol. The number of nitrogens with zero attached hydrogens (tertiary/aromatic N) is 3. The second-order valence-electron chi connectivity index (χ2n) is 6.55. The highest BCUT2D eigenvalue weighted by Gasteiger charge is 2.38. The van der Waals surface area contributed by atoms with Crippen LogP contribution < -0.4 is 9.80 Å². The van der Waals surface area contributed by atoms with Crippen molar-refractivity contribution in [3.63, 3.8) is 0 Å². The third kappa shape index (κ3) is 2.97. The summed E-state index contributed by atoms with van der Waals surface area (Å²) in [6.07, 6.45) is 4.06. The van der Waals surface area contributed by atoms with E-state index in [2.05, 4.69) is 22.8 Å². The Balaban J connectivity index is 1.65. The minimum absolute atomic E-state index is 0.0425. The SMILES string of the molecule is CC1=C(c2ccc(Cl)c(C)c2)N=C2C=CN(c3cccc(CO)c3)C[N+]21. The van der Waals surface area contributed by atoms with Gasteiger partial charge in [0.15, 0.2) is 5.70 Å². The molecule has 1 N–H and O–H groups in total. The Kier molecular flexibility index (Phi) is 4.41. The summed E-state index contributed by atoms with van der Waals surface area (Å²) in [4.78, 5) is 9.17. The second-order valence-corrected chi connectivity index (χ2v) is 6.96. The van der Waals surface area contributed by atoms with Crippen LogP contribution in [0.5, 0.6) is 0 Å². The standard InChI is InChI=1S/C21H20ClN3O/c1-14-10-17(6-7-19(14)22)21-15(2)25-13-24(9-8-20(25)23-21)18-5-3-4-16(11-18)12-26/h3-11,26H,12-13H2,1-2H3/q+1. The number of halogens is 1. The van der Waals surface area contributed by atoms with Crippen molar-refractivity contribution < 1.29 is 5.11 Å². The summed E-state index contributed by atoms with van der Waals surface area (Å²) in [5.74, 6) is 0.944. The highest BCUT2D eigenvalue weighted by molar-refractivity contribution is 6.31. The van der Waals surface area contributed by atoms with Crippen molar-refractivity contribution in [2.24, 2.45) is 4.99 Å². The van der Waals surface area contributed by atoms with E-state index in [0.29, 0.717) is 6.67 Å². The Hall–Kier alpha value is -2.40. The lowest BCUT2D eigenvalue weighted by Gasteiger charge is -2.24. The van der Waals surface area contributed by atoms with Crippen LogP contribution in [0.25, 0.3) is 5.70 Å². The Bertz CT molecular complexity index is 961. The molecule has 1 radical (unpaired) electrons. The molecule has 0 aliphatic carbocycles. The zero-order chi connectivity index (χ0) is 18.3. The van der Waals surface area contributed by atoms with Crippen molar-refractivity contribution in [2.75, 3.05) is 11.6 Å². The lowest BCUT2D eigenvalue weighted by Crippen LogP contribution is -2.44. The Morgan fingerprint density at radius 2 is 2.04 bits per heavy atom. The van der Waals surface area contributed by atoms with E-state index < -0.39 is 0 Å². The second kappa shape index (κ2) is 6.72. The molecule has 2 aliphatic heterocycles. The molecule has 0 bridgehead atoms. The van der Waals surface area contributed by atoms with Gasteiger partial charge in [0.2, 0.25) is 6.67 Å². The summed E-state index contributed by atoms with van der Waals surface area (Å²) >= 11 is 6.16. The van der Waals surface area contributed by atoms with Crippen LogP contribution in [0.15, 0.2) is 65.4 Å². The molecule has 4 rings (SSSR count). The number of benzene rings is 2. The number of rotatable bonds is 3. The number of hydrogen-bond acceptors (Lipinski definition) is 4. The van der Waals surface area contributed by atoms with Crippen LogP contribution in [-0.2, 0) is 6.61 Å². The van der Waals surface area contributed by atoms with Gasteiger partial charge in [-0.3, -0.25) is 4.90 Å². The number of amidine groups is 1. The normalized spacial score (nSPS) is 16.9. The molecule has 0 fully saturated rings. The Morgan fingerprint density at radius 3 is 2.81 bits per heavy atom. The first-order valence-electron chi connectivity index (χ1n) is 8.55. The fourth-order valence-electron chi connectivity index (χ4n) is 3.28. The number of anilines is 1. The summed E-state index contributed by atoms with van der Waals surface area (Å²) in [5.41, 5.74) is 6.18. The molecule has 26 heavy (non-hydrogen) atoms. The highest BCUT2D eigenvalue weighted by Crippen LogP contribution is 2.32. The van der Waals surface area contributed by atoms with Crippen LogP contribution >= 0.6 is 11.6 Å². The minimum atomic E-state index is 0.0425. The average Bonchev–Trinajstić information content (AvgIpc) is 3.00. The van der Waals surface area contributed by atoms with Gasteiger partial charge in [0, 0.05) is 35.5 Å². The summed E-state index contributed by atoms with van der Waals surface area (Å²) in [6, 6.07) is 14.0. The van der Waals surface area contributed by atoms with Gasteiger partial charge >= 0.3 is 0 Å². The molecule has 2 aromatic carbocycles. The first kappa shape index (κ1) is 17.0. The van der Waals surface area contributed by atoms with Gasteiger partial charge in [0.1, 0.15) is 5.70 Å². The molecule has 0 saturated carbocycles. The van der Waals surface area contributed by atoms with Gasteiger partial charge in [-0.25, -0.2) is 0 Å². The number of aryl methyl sites for hydroxylation is 1. The van der Waals surface area contributed by atoms with Crippen molar-refractivity contribution in [1.29, 1.82) is 0 Å². The van der Waals surface area contributed by atoms with Gasteiger partial charge in [-0.2, -0.15) is 4.99 Å². The van der Waals surface area contributed by atoms with Crippen LogP contribution in [0.4, 0.5) is 5.69 Å². The summed E-state index contributed by atoms with van der Waals surface area (Å²) in [7, 11) is 0. The third-order valence-corrected chi connectivity index (χ3v) is 5.23. The fraction of sp³-hybridized carbons (Fsp3) is 0.190. The summed E-state index contributed by atoms with van der Waals surface area (Å²) in [5, 5.41) is 10.1. The topological polar surface area (TPSA) is 41.7 Å². The summed E-state index contributed by atoms with van der Waals surface area (Å²) in [6.45, 7) is 4.83. The molecular formula is C21H20ClN3O+. The molecule has 0 aromatic heterocycles. The van der Waals surface area contributed by atoms with E-state index in [1.165, 1.54) is 0 Å². The van der Waals surface area contributed by atoms with Crippen molar-refractivity contribution in [1.82, 2.24) is 4.90 Å². The number of hydrogen-bond donors (Lipinski definition) is 1. The number of aliphatic hydroxyl groups is 1. The number of aliphatic imine (C=N–C) groups is 1. The highest BCUT2D eigenvalue weighted by atomic mass is 35.5. The maximum absolute atomic E-state index is 9.37. The van der Waals surface area contributed by atoms with Crippen LogP contribution in [0.2, 0.25) is 5.02 Å². The van der Waals surface area contributed by atoms with Crippen LogP contribution in [0.3, 0.4) is 0 Å². The lowest BCUT2D eigenvalue weighted by atomic mass is 10.1. The van der Waals surface area contributed by atoms with E-state index in [-0.39, 0.29) is 6.61 Å². The van der Waals surface area contributed by atoms with Gasteiger partial charge in [-0.15, -0.1) is 0 Å². The predicted molar refractivity (Wildman–Crippen MR) is 107 cm³/mol. The molecular weight excluding hydrogens is 346 g/mol. The molecule has 2 heterocycles. The zero-order valence-electron chi connectivity index (χ0n) is 14.8. The van der Waals surface area contributed by atoms with E-state index in [1.807, 2.05) is 55.6 Å². The third-order valence-electron chi connectivity index (χ3n) is 4.80. The fourth-order valence-corrected chi connectivity index (χ4v) is 3.40. The Labute approximate surface area is 158 Å². The first-order chi connectivity index (χ1) is 12.6. The number of aliphatic hydroxyl groups excluding tert-OH is 1. The van der Waals surface area contributed by atoms with Crippen LogP contribution in [-0.4, -0.2) is 17.6 Å². The molecule has 0 amide bonds. The van der Waals surface area contributed by atoms with Gasteiger partial charge in [-0.1, -0.05) is 34.7 Å². The molecule has 0 spiro atoms. The van der Waals surface area contributed by atoms with E-state index >= 15 is 0 Å². The monoisotopic (exact) mass is 365 g/mol. The molecule has 0 atom stereocenters. The van der Waals surface area contributed by atoms with E-state index in [0.717, 1.165) is 44.6 Å². The molecule has 2 aliphatic rings. The molecule has 0 unspecified atom stereocenters. The van der Waals surface area contributed by atoms with E-state index in [4.69, 9.17) is 16.6 Å². The van der Waals surface area contributed by atoms with E-state index in [9.17, 15) is 5.11 Å².